The zero-order valence-corrected chi connectivity index (χ0v) is 20.5. The Labute approximate surface area is 204 Å². The number of benzene rings is 2. The number of ether oxygens (including phenoxy) is 4. The molecule has 2 N–H and O–H groups in total. The lowest BCUT2D eigenvalue weighted by atomic mass is 9.77. The Balaban J connectivity index is 0.000000371. The number of carbonyl (C=O) groups is 2. The molecule has 0 amide bonds. The number of fused-ring (bicyclic) bond motifs is 4. The van der Waals surface area contributed by atoms with Crippen molar-refractivity contribution in [2.45, 2.75) is 31.8 Å². The van der Waals surface area contributed by atoms with E-state index in [0.29, 0.717) is 24.1 Å². The topological polar surface area (TPSA) is 115 Å². The van der Waals surface area contributed by atoms with Gasteiger partial charge >= 0.3 is 11.9 Å². The van der Waals surface area contributed by atoms with Gasteiger partial charge in [0.2, 0.25) is 0 Å². The summed E-state index contributed by atoms with van der Waals surface area (Å²) < 4.78 is 22.3. The van der Waals surface area contributed by atoms with Gasteiger partial charge in [0, 0.05) is 42.8 Å². The van der Waals surface area contributed by atoms with Gasteiger partial charge in [-0.15, -0.1) is 0 Å². The lowest BCUT2D eigenvalue weighted by Gasteiger charge is -2.45. The average Bonchev–Trinajstić information content (AvgIpc) is 2.85. The molecule has 0 spiro atoms. The maximum Gasteiger partial charge on any atom is 0.328 e. The van der Waals surface area contributed by atoms with Gasteiger partial charge in [0.1, 0.15) is 0 Å². The Morgan fingerprint density at radius 3 is 2.03 bits per heavy atom. The predicted molar refractivity (Wildman–Crippen MR) is 129 cm³/mol. The molecule has 0 aromatic heterocycles. The fourth-order valence-corrected chi connectivity index (χ4v) is 4.90. The van der Waals surface area contributed by atoms with Crippen LogP contribution in [0.1, 0.15) is 41.1 Å². The molecular formula is C26H31NO8. The van der Waals surface area contributed by atoms with Crippen LogP contribution in [0.25, 0.3) is 0 Å². The summed E-state index contributed by atoms with van der Waals surface area (Å²) in [5, 5.41) is 15.6. The number of aliphatic carboxylic acids is 2. The second-order valence-corrected chi connectivity index (χ2v) is 8.24. The van der Waals surface area contributed by atoms with E-state index < -0.39 is 11.9 Å². The molecule has 2 aromatic carbocycles. The Morgan fingerprint density at radius 2 is 1.49 bits per heavy atom. The van der Waals surface area contributed by atoms with E-state index in [-0.39, 0.29) is 0 Å². The van der Waals surface area contributed by atoms with E-state index >= 15 is 0 Å². The minimum atomic E-state index is -1.26. The summed E-state index contributed by atoms with van der Waals surface area (Å²) >= 11 is 0. The van der Waals surface area contributed by atoms with Crippen molar-refractivity contribution in [3.63, 3.8) is 0 Å². The zero-order chi connectivity index (χ0) is 25.7. The minimum absolute atomic E-state index is 0.319. The van der Waals surface area contributed by atoms with Gasteiger partial charge < -0.3 is 29.2 Å². The molecule has 0 bridgehead atoms. The maximum absolute atomic E-state index is 9.55. The summed E-state index contributed by atoms with van der Waals surface area (Å²) in [6, 6.07) is 8.82. The molecule has 2 heterocycles. The van der Waals surface area contributed by atoms with Crippen molar-refractivity contribution in [1.29, 1.82) is 0 Å². The third-order valence-corrected chi connectivity index (χ3v) is 6.40. The molecule has 0 aliphatic carbocycles. The lowest BCUT2D eigenvalue weighted by Crippen LogP contribution is -2.41. The van der Waals surface area contributed by atoms with Crippen LogP contribution in [0.3, 0.4) is 0 Å². The maximum atomic E-state index is 9.55. The highest BCUT2D eigenvalue weighted by Crippen LogP contribution is 2.50. The van der Waals surface area contributed by atoms with E-state index in [9.17, 15) is 9.59 Å². The average molecular weight is 486 g/mol. The summed E-state index contributed by atoms with van der Waals surface area (Å²) in [4.78, 5) is 21.7. The SMILES string of the molecule is COc1cc2c(cc1OC)[C@H]1[C@@H](C)c3ccc(OC)c(OC)c3CN1CC2.O=C(O)/C=C\C(=O)O. The van der Waals surface area contributed by atoms with Crippen LogP contribution >= 0.6 is 0 Å². The van der Waals surface area contributed by atoms with Crippen molar-refractivity contribution >= 4 is 11.9 Å². The zero-order valence-electron chi connectivity index (χ0n) is 20.5. The molecule has 188 valence electrons. The molecular weight excluding hydrogens is 454 g/mol. The van der Waals surface area contributed by atoms with E-state index in [1.165, 1.54) is 22.3 Å². The molecule has 0 saturated carbocycles. The summed E-state index contributed by atoms with van der Waals surface area (Å²) in [7, 11) is 6.80. The molecule has 0 unspecified atom stereocenters. The smallest absolute Gasteiger partial charge is 0.328 e. The van der Waals surface area contributed by atoms with Crippen molar-refractivity contribution in [1.82, 2.24) is 4.90 Å². The predicted octanol–water partition coefficient (Wildman–Crippen LogP) is 3.65. The largest absolute Gasteiger partial charge is 0.493 e. The number of hydrogen-bond donors (Lipinski definition) is 2. The van der Waals surface area contributed by atoms with E-state index in [1.54, 1.807) is 28.4 Å². The highest BCUT2D eigenvalue weighted by atomic mass is 16.5. The molecule has 2 aliphatic rings. The summed E-state index contributed by atoms with van der Waals surface area (Å²) in [6.07, 6.45) is 2.12. The quantitative estimate of drug-likeness (QED) is 0.592. The fourth-order valence-electron chi connectivity index (χ4n) is 4.90. The number of carboxylic acid groups (broad SMARTS) is 2. The van der Waals surface area contributed by atoms with Gasteiger partial charge in [-0.05, 0) is 41.3 Å². The monoisotopic (exact) mass is 485 g/mol. The van der Waals surface area contributed by atoms with Gasteiger partial charge in [-0.2, -0.15) is 0 Å². The number of carboxylic acids is 2. The van der Waals surface area contributed by atoms with Crippen molar-refractivity contribution in [3.8, 4) is 23.0 Å². The minimum Gasteiger partial charge on any atom is -0.493 e. The first-order valence-electron chi connectivity index (χ1n) is 11.1. The van der Waals surface area contributed by atoms with Crippen LogP contribution < -0.4 is 18.9 Å². The Morgan fingerprint density at radius 1 is 0.886 bits per heavy atom. The molecule has 0 radical (unpaired) electrons. The van der Waals surface area contributed by atoms with Crippen LogP contribution in [0, 0.1) is 0 Å². The van der Waals surface area contributed by atoms with E-state index in [1.807, 2.05) is 6.07 Å². The van der Waals surface area contributed by atoms with Crippen LogP contribution in [-0.2, 0) is 22.6 Å². The third-order valence-electron chi connectivity index (χ3n) is 6.40. The van der Waals surface area contributed by atoms with Crippen molar-refractivity contribution in [2.75, 3.05) is 35.0 Å². The van der Waals surface area contributed by atoms with Gasteiger partial charge in [0.15, 0.2) is 23.0 Å². The standard InChI is InChI=1S/C22H27NO4.C4H4O4/c1-13-15-6-7-18(24-2)22(27-5)17(15)12-23-9-8-14-10-19(25-3)20(26-4)11-16(14)21(13)23;5-3(6)1-2-4(7)8/h6-7,10-11,13,21H,8-9,12H2,1-5H3;1-2H,(H,5,6)(H,7,8)/b;2-1-/t13-,21+;/m0./s1. The lowest BCUT2D eigenvalue weighted by molar-refractivity contribution is -0.134. The Hall–Kier alpha value is -3.72. The highest BCUT2D eigenvalue weighted by Gasteiger charge is 2.39. The second-order valence-electron chi connectivity index (χ2n) is 8.24. The van der Waals surface area contributed by atoms with Crippen LogP contribution in [0.5, 0.6) is 23.0 Å². The highest BCUT2D eigenvalue weighted by molar-refractivity contribution is 5.89. The number of hydrogen-bond acceptors (Lipinski definition) is 7. The van der Waals surface area contributed by atoms with Gasteiger partial charge in [0.05, 0.1) is 28.4 Å². The van der Waals surface area contributed by atoms with Gasteiger partial charge in [0.25, 0.3) is 0 Å². The molecule has 9 nitrogen and oxygen atoms in total. The van der Waals surface area contributed by atoms with Gasteiger partial charge in [-0.1, -0.05) is 13.0 Å². The normalized spacial score (nSPS) is 18.3. The molecule has 0 saturated heterocycles. The summed E-state index contributed by atoms with van der Waals surface area (Å²) in [6.45, 7) is 4.17. The van der Waals surface area contributed by atoms with Crippen LogP contribution in [0.15, 0.2) is 36.4 Å². The first kappa shape index (κ1) is 25.9. The first-order valence-corrected chi connectivity index (χ1v) is 11.1. The molecule has 2 aromatic rings. The van der Waals surface area contributed by atoms with Crippen molar-refractivity contribution in [3.05, 3.63) is 58.7 Å². The molecule has 4 rings (SSSR count). The number of nitrogens with zero attached hydrogens (tertiary/aromatic N) is 1. The first-order chi connectivity index (χ1) is 16.7. The molecule has 2 aliphatic heterocycles. The van der Waals surface area contributed by atoms with E-state index in [4.69, 9.17) is 29.2 Å². The van der Waals surface area contributed by atoms with Crippen molar-refractivity contribution < 1.29 is 38.7 Å². The van der Waals surface area contributed by atoms with Gasteiger partial charge in [-0.25, -0.2) is 9.59 Å². The molecule has 35 heavy (non-hydrogen) atoms. The number of rotatable bonds is 6. The summed E-state index contributed by atoms with van der Waals surface area (Å²) in [5.41, 5.74) is 5.26. The molecule has 0 fully saturated rings. The second kappa shape index (κ2) is 11.1. The third kappa shape index (κ3) is 5.35. The van der Waals surface area contributed by atoms with Crippen LogP contribution in [0.2, 0.25) is 0 Å². The Bertz CT molecular complexity index is 1110. The fraction of sp³-hybridized carbons (Fsp3) is 0.385. The van der Waals surface area contributed by atoms with Crippen LogP contribution in [-0.4, -0.2) is 62.0 Å². The molecule has 2 atom stereocenters. The number of methoxy groups -OCH3 is 4. The van der Waals surface area contributed by atoms with E-state index in [2.05, 4.69) is 30.0 Å². The molecule has 9 heteroatoms. The van der Waals surface area contributed by atoms with Gasteiger partial charge in [-0.3, -0.25) is 4.90 Å². The van der Waals surface area contributed by atoms with Crippen molar-refractivity contribution in [2.24, 2.45) is 0 Å². The van der Waals surface area contributed by atoms with E-state index in [0.717, 1.165) is 42.5 Å². The Kier molecular flexibility index (Phi) is 8.24. The van der Waals surface area contributed by atoms with Crippen LogP contribution in [0.4, 0.5) is 0 Å². The summed E-state index contributed by atoms with van der Waals surface area (Å²) in [5.74, 6) is 1.08.